The van der Waals surface area contributed by atoms with E-state index < -0.39 is 6.86 Å². The van der Waals surface area contributed by atoms with Gasteiger partial charge in [-0.3, -0.25) is 14.0 Å². The van der Waals surface area contributed by atoms with Gasteiger partial charge in [0.2, 0.25) is 6.86 Å². The van der Waals surface area contributed by atoms with Crippen LogP contribution in [-0.2, 0) is 7.05 Å². The number of rotatable bonds is 5. The lowest BCUT2D eigenvalue weighted by atomic mass is 10.1. The van der Waals surface area contributed by atoms with Gasteiger partial charge in [-0.2, -0.15) is 5.10 Å². The molecule has 1 aromatic carbocycles. The summed E-state index contributed by atoms with van der Waals surface area (Å²) in [4.78, 5) is 13.3. The number of fused-ring (bicyclic) bond motifs is 1. The number of pyridine rings is 1. The Morgan fingerprint density at radius 2 is 1.93 bits per heavy atom. The molecule has 9 heteroatoms. The summed E-state index contributed by atoms with van der Waals surface area (Å²) in [5.74, 6) is 0.391. The monoisotopic (exact) mass is 382 g/mol. The molecule has 0 aliphatic carbocycles. The number of aromatic nitrogens is 6. The van der Waals surface area contributed by atoms with Gasteiger partial charge in [-0.25, -0.2) is 9.07 Å². The molecule has 0 aliphatic rings. The number of hydrogen-bond donors (Lipinski definition) is 0. The smallest absolute Gasteiger partial charge is 0.282 e. The number of benzene rings is 1. The van der Waals surface area contributed by atoms with Crippen LogP contribution in [0.2, 0.25) is 0 Å². The van der Waals surface area contributed by atoms with Gasteiger partial charge in [0.15, 0.2) is 5.52 Å². The molecule has 0 bridgehead atoms. The maximum absolute atomic E-state index is 13.3. The Morgan fingerprint density at radius 3 is 2.54 bits per heavy atom. The second kappa shape index (κ2) is 6.91. The molecule has 0 amide bonds. The van der Waals surface area contributed by atoms with Crippen LogP contribution in [0.3, 0.4) is 0 Å². The number of ether oxygens (including phenoxy) is 1. The van der Waals surface area contributed by atoms with Crippen LogP contribution in [0.25, 0.3) is 27.8 Å². The summed E-state index contributed by atoms with van der Waals surface area (Å²) in [5, 5.41) is 12.7. The van der Waals surface area contributed by atoms with Crippen molar-refractivity contribution in [3.8, 4) is 22.6 Å². The van der Waals surface area contributed by atoms with Crippen LogP contribution >= 0.6 is 0 Å². The quantitative estimate of drug-likeness (QED) is 0.530. The van der Waals surface area contributed by atoms with Gasteiger partial charge in [0.25, 0.3) is 5.56 Å². The Labute approximate surface area is 159 Å². The van der Waals surface area contributed by atoms with Crippen molar-refractivity contribution in [2.75, 3.05) is 6.86 Å². The van der Waals surface area contributed by atoms with Crippen LogP contribution in [0.5, 0.6) is 5.75 Å². The second-order valence-corrected chi connectivity index (χ2v) is 6.69. The fraction of sp³-hybridized carbons (Fsp3) is 0.263. The molecule has 144 valence electrons. The van der Waals surface area contributed by atoms with E-state index in [1.807, 2.05) is 27.1 Å². The van der Waals surface area contributed by atoms with Crippen LogP contribution in [-0.4, -0.2) is 36.2 Å². The molecule has 3 aromatic heterocycles. The van der Waals surface area contributed by atoms with Crippen molar-refractivity contribution in [1.29, 1.82) is 0 Å². The summed E-state index contributed by atoms with van der Waals surface area (Å²) in [6.45, 7) is 2.98. The minimum Gasteiger partial charge on any atom is -0.463 e. The van der Waals surface area contributed by atoms with E-state index in [1.54, 1.807) is 46.0 Å². The third-order valence-electron chi connectivity index (χ3n) is 4.47. The number of hydrogen-bond acceptors (Lipinski definition) is 5. The third-order valence-corrected chi connectivity index (χ3v) is 4.47. The lowest BCUT2D eigenvalue weighted by Crippen LogP contribution is -2.21. The molecule has 0 unspecified atom stereocenters. The maximum atomic E-state index is 13.3. The third kappa shape index (κ3) is 2.94. The van der Waals surface area contributed by atoms with Crippen LogP contribution < -0.4 is 10.3 Å². The fourth-order valence-corrected chi connectivity index (χ4v) is 3.13. The summed E-state index contributed by atoms with van der Waals surface area (Å²) in [6.07, 6.45) is 5.30. The summed E-state index contributed by atoms with van der Waals surface area (Å²) in [5.41, 5.74) is 2.91. The highest BCUT2D eigenvalue weighted by atomic mass is 19.1. The van der Waals surface area contributed by atoms with Crippen LogP contribution in [0.1, 0.15) is 19.9 Å². The SMILES string of the molecule is CC(C)n1nnc2c(-c3cnn(C)c3)cn(-c3ccc(OCF)cc3)c(=O)c21. The molecule has 4 rings (SSSR count). The minimum absolute atomic E-state index is 0.0318. The van der Waals surface area contributed by atoms with E-state index in [9.17, 15) is 9.18 Å². The van der Waals surface area contributed by atoms with Crippen molar-refractivity contribution in [1.82, 2.24) is 29.3 Å². The fourth-order valence-electron chi connectivity index (χ4n) is 3.13. The minimum atomic E-state index is -0.907. The van der Waals surface area contributed by atoms with Gasteiger partial charge in [-0.05, 0) is 38.1 Å². The molecule has 0 fully saturated rings. The molecular formula is C19H19FN6O2. The Hall–Kier alpha value is -3.49. The van der Waals surface area contributed by atoms with E-state index in [4.69, 9.17) is 4.74 Å². The van der Waals surface area contributed by atoms with E-state index in [0.29, 0.717) is 22.5 Å². The number of alkyl halides is 1. The molecule has 0 atom stereocenters. The molecule has 28 heavy (non-hydrogen) atoms. The predicted molar refractivity (Wildman–Crippen MR) is 102 cm³/mol. The van der Waals surface area contributed by atoms with Crippen molar-refractivity contribution >= 4 is 11.0 Å². The molecule has 4 aromatic rings. The Balaban J connectivity index is 1.99. The van der Waals surface area contributed by atoms with Gasteiger partial charge < -0.3 is 4.74 Å². The Morgan fingerprint density at radius 1 is 1.18 bits per heavy atom. The first-order chi connectivity index (χ1) is 13.5. The van der Waals surface area contributed by atoms with Crippen molar-refractivity contribution < 1.29 is 9.13 Å². The van der Waals surface area contributed by atoms with Crippen molar-refractivity contribution in [2.24, 2.45) is 7.05 Å². The first-order valence-electron chi connectivity index (χ1n) is 8.78. The van der Waals surface area contributed by atoms with Crippen LogP contribution in [0.4, 0.5) is 4.39 Å². The van der Waals surface area contributed by atoms with Gasteiger partial charge in [0.05, 0.1) is 6.20 Å². The van der Waals surface area contributed by atoms with Gasteiger partial charge in [0.1, 0.15) is 11.3 Å². The number of aryl methyl sites for hydroxylation is 1. The van der Waals surface area contributed by atoms with Gasteiger partial charge >= 0.3 is 0 Å². The largest absolute Gasteiger partial charge is 0.463 e. The summed E-state index contributed by atoms with van der Waals surface area (Å²) in [6, 6.07) is 6.61. The molecule has 0 saturated heterocycles. The molecule has 0 aliphatic heterocycles. The van der Waals surface area contributed by atoms with Gasteiger partial charge in [0, 0.05) is 42.3 Å². The molecule has 0 radical (unpaired) electrons. The van der Waals surface area contributed by atoms with Crippen molar-refractivity contribution in [2.45, 2.75) is 19.9 Å². The first-order valence-corrected chi connectivity index (χ1v) is 8.78. The maximum Gasteiger partial charge on any atom is 0.282 e. The zero-order valence-electron chi connectivity index (χ0n) is 15.7. The Bertz CT molecular complexity index is 1190. The van der Waals surface area contributed by atoms with Crippen molar-refractivity contribution in [3.63, 3.8) is 0 Å². The van der Waals surface area contributed by atoms with E-state index in [-0.39, 0.29) is 11.6 Å². The molecular weight excluding hydrogens is 363 g/mol. The second-order valence-electron chi connectivity index (χ2n) is 6.69. The highest BCUT2D eigenvalue weighted by Crippen LogP contribution is 2.27. The molecule has 8 nitrogen and oxygen atoms in total. The van der Waals surface area contributed by atoms with E-state index in [0.717, 1.165) is 11.1 Å². The van der Waals surface area contributed by atoms with Crippen LogP contribution in [0, 0.1) is 0 Å². The van der Waals surface area contributed by atoms with E-state index in [1.165, 1.54) is 4.57 Å². The average molecular weight is 382 g/mol. The summed E-state index contributed by atoms with van der Waals surface area (Å²) in [7, 11) is 1.82. The first kappa shape index (κ1) is 17.9. The standard InChI is InChI=1S/C19H19FN6O2/c1-12(2)26-18-17(22-23-26)16(13-8-21-24(3)9-13)10-25(19(18)27)14-4-6-15(7-5-14)28-11-20/h4-10,12H,11H2,1-3H3. The lowest BCUT2D eigenvalue weighted by Gasteiger charge is -2.11. The van der Waals surface area contributed by atoms with Crippen LogP contribution in [0.15, 0.2) is 47.7 Å². The van der Waals surface area contributed by atoms with Gasteiger partial charge in [-0.15, -0.1) is 5.10 Å². The summed E-state index contributed by atoms with van der Waals surface area (Å²) < 4.78 is 22.0. The Kier molecular flexibility index (Phi) is 4.42. The summed E-state index contributed by atoms with van der Waals surface area (Å²) >= 11 is 0. The topological polar surface area (TPSA) is 79.8 Å². The molecule has 3 heterocycles. The van der Waals surface area contributed by atoms with Crippen molar-refractivity contribution in [3.05, 3.63) is 53.2 Å². The zero-order valence-corrected chi connectivity index (χ0v) is 15.7. The lowest BCUT2D eigenvalue weighted by molar-refractivity contribution is 0.192. The highest BCUT2D eigenvalue weighted by molar-refractivity contribution is 5.90. The average Bonchev–Trinajstić information content (AvgIpc) is 3.30. The molecule has 0 saturated carbocycles. The number of nitrogens with zero attached hydrogens (tertiary/aromatic N) is 6. The molecule has 0 spiro atoms. The van der Waals surface area contributed by atoms with Gasteiger partial charge in [-0.1, -0.05) is 5.21 Å². The zero-order chi connectivity index (χ0) is 19.8. The van der Waals surface area contributed by atoms with E-state index >= 15 is 0 Å². The number of halogens is 1. The predicted octanol–water partition coefficient (Wildman–Crippen LogP) is 2.87. The molecule has 0 N–H and O–H groups in total. The normalized spacial score (nSPS) is 11.5. The highest BCUT2D eigenvalue weighted by Gasteiger charge is 2.20. The van der Waals surface area contributed by atoms with E-state index in [2.05, 4.69) is 15.4 Å².